The first-order valence-corrected chi connectivity index (χ1v) is 7.76. The summed E-state index contributed by atoms with van der Waals surface area (Å²) in [6, 6.07) is 8.74. The van der Waals surface area contributed by atoms with Gasteiger partial charge in [-0.15, -0.1) is 0 Å². The Morgan fingerprint density at radius 3 is 2.83 bits per heavy atom. The number of halogens is 2. The van der Waals surface area contributed by atoms with E-state index in [-0.39, 0.29) is 11.1 Å². The Balaban J connectivity index is 1.73. The molecule has 0 saturated heterocycles. The topological polar surface area (TPSA) is 68.0 Å². The zero-order valence-electron chi connectivity index (χ0n) is 12.1. The Bertz CT molecular complexity index is 995. The number of nitrogens with one attached hydrogen (secondary N) is 1. The largest absolute Gasteiger partial charge is 0.455 e. The molecule has 118 valence electrons. The van der Waals surface area contributed by atoms with Crippen LogP contribution in [-0.2, 0) is 4.79 Å². The summed E-state index contributed by atoms with van der Waals surface area (Å²) in [6.07, 6.45) is 4.67. The number of aromatic nitrogens is 2. The lowest BCUT2D eigenvalue weighted by atomic mass is 10.1. The number of amides is 1. The van der Waals surface area contributed by atoms with Gasteiger partial charge >= 0.3 is 0 Å². The Morgan fingerprint density at radius 1 is 1.12 bits per heavy atom. The molecule has 24 heavy (non-hydrogen) atoms. The summed E-state index contributed by atoms with van der Waals surface area (Å²) in [4.78, 5) is 20.3. The van der Waals surface area contributed by atoms with Crippen molar-refractivity contribution < 1.29 is 9.21 Å². The fourth-order valence-corrected chi connectivity index (χ4v) is 2.79. The van der Waals surface area contributed by atoms with Crippen LogP contribution in [0.2, 0.25) is 10.2 Å². The lowest BCUT2D eigenvalue weighted by Gasteiger charge is -1.98. The smallest absolute Gasteiger partial charge is 0.256 e. The molecule has 1 N–H and O–H groups in total. The zero-order chi connectivity index (χ0) is 16.7. The van der Waals surface area contributed by atoms with Crippen molar-refractivity contribution >= 4 is 46.4 Å². The van der Waals surface area contributed by atoms with Gasteiger partial charge in [-0.2, -0.15) is 0 Å². The van der Waals surface area contributed by atoms with Gasteiger partial charge in [-0.3, -0.25) is 9.78 Å². The van der Waals surface area contributed by atoms with Gasteiger partial charge in [-0.25, -0.2) is 4.98 Å². The maximum absolute atomic E-state index is 12.2. The van der Waals surface area contributed by atoms with Gasteiger partial charge in [0.15, 0.2) is 5.76 Å². The van der Waals surface area contributed by atoms with Crippen LogP contribution >= 0.6 is 23.2 Å². The monoisotopic (exact) mass is 357 g/mol. The number of furan rings is 1. The van der Waals surface area contributed by atoms with Crippen LogP contribution in [-0.4, -0.2) is 15.9 Å². The lowest BCUT2D eigenvalue weighted by Crippen LogP contribution is -2.03. The molecular formula is C17H9Cl2N3O2. The van der Waals surface area contributed by atoms with Crippen molar-refractivity contribution in [3.63, 3.8) is 0 Å². The maximum atomic E-state index is 12.2. The van der Waals surface area contributed by atoms with Crippen molar-refractivity contribution in [3.8, 4) is 11.5 Å². The number of carbonyl (C=O) groups is 1. The molecule has 0 fully saturated rings. The molecule has 4 rings (SSSR count). The first-order chi connectivity index (χ1) is 11.6. The number of benzene rings is 1. The van der Waals surface area contributed by atoms with Crippen molar-refractivity contribution in [2.45, 2.75) is 0 Å². The Kier molecular flexibility index (Phi) is 3.59. The molecule has 1 aromatic carbocycles. The highest BCUT2D eigenvalue weighted by Gasteiger charge is 2.24. The highest BCUT2D eigenvalue weighted by atomic mass is 35.5. The molecule has 1 aliphatic rings. The van der Waals surface area contributed by atoms with E-state index in [2.05, 4.69) is 15.3 Å². The number of fused-ring (bicyclic) bond motifs is 1. The molecule has 3 aromatic rings. The SMILES string of the molecule is O=C1Nc2ccc(Cl)cc2C1=Cc1ccc(-c2cncc(Cl)n2)o1. The average Bonchev–Trinajstić information content (AvgIpc) is 3.14. The molecule has 0 saturated carbocycles. The third-order valence-corrected chi connectivity index (χ3v) is 3.95. The van der Waals surface area contributed by atoms with Gasteiger partial charge < -0.3 is 9.73 Å². The van der Waals surface area contributed by atoms with E-state index >= 15 is 0 Å². The first-order valence-electron chi connectivity index (χ1n) is 7.01. The van der Waals surface area contributed by atoms with E-state index in [0.717, 1.165) is 11.3 Å². The van der Waals surface area contributed by atoms with Gasteiger partial charge in [0.25, 0.3) is 5.91 Å². The van der Waals surface area contributed by atoms with E-state index in [9.17, 15) is 4.79 Å². The third-order valence-electron chi connectivity index (χ3n) is 3.54. The standard InChI is InChI=1S/C17H9Cl2N3O2/c18-9-1-3-13-11(5-9)12(17(23)22-13)6-10-2-4-15(24-10)14-7-20-8-16(19)21-14/h1-8H,(H,22,23). The molecular weight excluding hydrogens is 349 g/mol. The summed E-state index contributed by atoms with van der Waals surface area (Å²) < 4.78 is 5.73. The fourth-order valence-electron chi connectivity index (χ4n) is 2.47. The van der Waals surface area contributed by atoms with Crippen LogP contribution in [0, 0.1) is 0 Å². The number of hydrogen-bond donors (Lipinski definition) is 1. The average molecular weight is 358 g/mol. The summed E-state index contributed by atoms with van der Waals surface area (Å²) in [5.74, 6) is 0.832. The number of carbonyl (C=O) groups excluding carboxylic acids is 1. The molecule has 2 aromatic heterocycles. The molecule has 1 aliphatic heterocycles. The van der Waals surface area contributed by atoms with Gasteiger partial charge in [0.05, 0.1) is 18.0 Å². The van der Waals surface area contributed by atoms with E-state index in [4.69, 9.17) is 27.6 Å². The lowest BCUT2D eigenvalue weighted by molar-refractivity contribution is -0.110. The minimum absolute atomic E-state index is 0.201. The van der Waals surface area contributed by atoms with Crippen LogP contribution in [0.15, 0.2) is 47.1 Å². The molecule has 0 aliphatic carbocycles. The van der Waals surface area contributed by atoms with Crippen LogP contribution in [0.1, 0.15) is 11.3 Å². The quantitative estimate of drug-likeness (QED) is 0.683. The first kappa shape index (κ1) is 14.9. The molecule has 0 atom stereocenters. The second-order valence-electron chi connectivity index (χ2n) is 5.13. The predicted molar refractivity (Wildman–Crippen MR) is 92.7 cm³/mol. The van der Waals surface area contributed by atoms with Gasteiger partial charge in [0.1, 0.15) is 16.6 Å². The second kappa shape index (κ2) is 5.78. The van der Waals surface area contributed by atoms with Crippen LogP contribution in [0.5, 0.6) is 0 Å². The van der Waals surface area contributed by atoms with Gasteiger partial charge in [0, 0.05) is 16.3 Å². The molecule has 1 amide bonds. The third kappa shape index (κ3) is 2.68. The van der Waals surface area contributed by atoms with Crippen LogP contribution < -0.4 is 5.32 Å². The van der Waals surface area contributed by atoms with Crippen molar-refractivity contribution in [2.24, 2.45) is 0 Å². The Hall–Kier alpha value is -2.63. The highest BCUT2D eigenvalue weighted by Crippen LogP contribution is 2.35. The summed E-state index contributed by atoms with van der Waals surface area (Å²) in [5, 5.41) is 3.63. The summed E-state index contributed by atoms with van der Waals surface area (Å²) in [6.45, 7) is 0. The Morgan fingerprint density at radius 2 is 2.00 bits per heavy atom. The molecule has 0 radical (unpaired) electrons. The van der Waals surface area contributed by atoms with Crippen LogP contribution in [0.3, 0.4) is 0 Å². The van der Waals surface area contributed by atoms with Gasteiger partial charge in [-0.05, 0) is 36.4 Å². The van der Waals surface area contributed by atoms with Crippen molar-refractivity contribution in [2.75, 3.05) is 5.32 Å². The second-order valence-corrected chi connectivity index (χ2v) is 5.95. The highest BCUT2D eigenvalue weighted by molar-refractivity contribution is 6.36. The number of anilines is 1. The van der Waals surface area contributed by atoms with E-state index in [1.54, 1.807) is 42.6 Å². The number of nitrogens with zero attached hydrogens (tertiary/aromatic N) is 2. The van der Waals surface area contributed by atoms with Crippen molar-refractivity contribution in [3.05, 3.63) is 64.2 Å². The van der Waals surface area contributed by atoms with Crippen LogP contribution in [0.4, 0.5) is 5.69 Å². The van der Waals surface area contributed by atoms with E-state index in [0.29, 0.717) is 27.8 Å². The molecule has 0 bridgehead atoms. The zero-order valence-corrected chi connectivity index (χ0v) is 13.6. The van der Waals surface area contributed by atoms with Crippen molar-refractivity contribution in [1.82, 2.24) is 9.97 Å². The fraction of sp³-hybridized carbons (Fsp3) is 0. The summed E-state index contributed by atoms with van der Waals surface area (Å²) in [5.41, 5.74) is 2.48. The molecule has 5 nitrogen and oxygen atoms in total. The molecule has 3 heterocycles. The van der Waals surface area contributed by atoms with E-state index in [1.165, 1.54) is 6.20 Å². The maximum Gasteiger partial charge on any atom is 0.256 e. The van der Waals surface area contributed by atoms with E-state index in [1.807, 2.05) is 0 Å². The number of rotatable bonds is 2. The normalized spacial score (nSPS) is 14.8. The van der Waals surface area contributed by atoms with Gasteiger partial charge in [0.2, 0.25) is 0 Å². The summed E-state index contributed by atoms with van der Waals surface area (Å²) >= 11 is 11.9. The minimum Gasteiger partial charge on any atom is -0.455 e. The minimum atomic E-state index is -0.201. The molecule has 7 heteroatoms. The van der Waals surface area contributed by atoms with E-state index < -0.39 is 0 Å². The molecule has 0 spiro atoms. The predicted octanol–water partition coefficient (Wildman–Crippen LogP) is 4.54. The Labute approximate surface area is 146 Å². The van der Waals surface area contributed by atoms with Crippen molar-refractivity contribution in [1.29, 1.82) is 0 Å². The molecule has 0 unspecified atom stereocenters. The number of hydrogen-bond acceptors (Lipinski definition) is 4. The van der Waals surface area contributed by atoms with Gasteiger partial charge in [-0.1, -0.05) is 23.2 Å². The van der Waals surface area contributed by atoms with Crippen LogP contribution in [0.25, 0.3) is 23.1 Å². The summed E-state index contributed by atoms with van der Waals surface area (Å²) in [7, 11) is 0.